The summed E-state index contributed by atoms with van der Waals surface area (Å²) in [4.78, 5) is 14.2. The highest BCUT2D eigenvalue weighted by Crippen LogP contribution is 2.35. The van der Waals surface area contributed by atoms with Crippen molar-refractivity contribution in [2.45, 2.75) is 51.0 Å². The van der Waals surface area contributed by atoms with Crippen LogP contribution in [0.15, 0.2) is 24.3 Å². The number of halogens is 2. The minimum Gasteiger partial charge on any atom is -0.435 e. The van der Waals surface area contributed by atoms with E-state index in [-0.39, 0.29) is 29.9 Å². The van der Waals surface area contributed by atoms with Gasteiger partial charge in [0.15, 0.2) is 0 Å². The van der Waals surface area contributed by atoms with Gasteiger partial charge in [-0.15, -0.1) is 0 Å². The van der Waals surface area contributed by atoms with E-state index >= 15 is 0 Å². The van der Waals surface area contributed by atoms with Gasteiger partial charge in [0.05, 0.1) is 6.04 Å². The van der Waals surface area contributed by atoms with Crippen LogP contribution in [0.25, 0.3) is 0 Å². The number of hydrogen-bond donors (Lipinski definition) is 1. The Hall–Kier alpha value is -1.69. The SMILES string of the molecule is CC1NC(c2ccc(OC(F)F)cc2)N(C2CCC2)C1=O. The zero-order valence-electron chi connectivity index (χ0n) is 11.8. The van der Waals surface area contributed by atoms with Gasteiger partial charge in [-0.05, 0) is 43.9 Å². The molecule has 0 aromatic heterocycles. The van der Waals surface area contributed by atoms with Crippen LogP contribution in [0, 0.1) is 0 Å². The molecule has 3 rings (SSSR count). The highest BCUT2D eigenvalue weighted by Gasteiger charge is 2.42. The summed E-state index contributed by atoms with van der Waals surface area (Å²) in [5.41, 5.74) is 0.890. The van der Waals surface area contributed by atoms with Crippen LogP contribution in [0.3, 0.4) is 0 Å². The van der Waals surface area contributed by atoms with E-state index in [4.69, 9.17) is 0 Å². The van der Waals surface area contributed by atoms with Crippen LogP contribution < -0.4 is 10.1 Å². The second kappa shape index (κ2) is 5.60. The molecule has 0 bridgehead atoms. The number of hydrogen-bond acceptors (Lipinski definition) is 3. The number of carbonyl (C=O) groups is 1. The first-order valence-electron chi connectivity index (χ1n) is 7.19. The van der Waals surface area contributed by atoms with Gasteiger partial charge in [-0.1, -0.05) is 12.1 Å². The van der Waals surface area contributed by atoms with Crippen molar-refractivity contribution in [3.8, 4) is 5.75 Å². The summed E-state index contributed by atoms with van der Waals surface area (Å²) in [6.07, 6.45) is 3.03. The average molecular weight is 296 g/mol. The molecule has 1 heterocycles. The van der Waals surface area contributed by atoms with Crippen LogP contribution in [-0.4, -0.2) is 29.5 Å². The van der Waals surface area contributed by atoms with Crippen molar-refractivity contribution < 1.29 is 18.3 Å². The average Bonchev–Trinajstić information content (AvgIpc) is 2.66. The standard InChI is InChI=1S/C15H18F2N2O2/c1-9-14(20)19(11-3-2-4-11)13(18-9)10-5-7-12(8-6-10)21-15(16)17/h5-9,11,13,15,18H,2-4H2,1H3. The van der Waals surface area contributed by atoms with E-state index in [1.165, 1.54) is 12.1 Å². The van der Waals surface area contributed by atoms with Gasteiger partial charge in [0.2, 0.25) is 5.91 Å². The van der Waals surface area contributed by atoms with E-state index in [9.17, 15) is 13.6 Å². The van der Waals surface area contributed by atoms with Gasteiger partial charge < -0.3 is 9.64 Å². The number of benzene rings is 1. The van der Waals surface area contributed by atoms with Crippen LogP contribution in [0.4, 0.5) is 8.78 Å². The fraction of sp³-hybridized carbons (Fsp3) is 0.533. The number of alkyl halides is 2. The van der Waals surface area contributed by atoms with Crippen molar-refractivity contribution in [2.75, 3.05) is 0 Å². The fourth-order valence-corrected chi connectivity index (χ4v) is 2.88. The topological polar surface area (TPSA) is 41.6 Å². The molecule has 2 unspecified atom stereocenters. The molecule has 21 heavy (non-hydrogen) atoms. The first-order valence-corrected chi connectivity index (χ1v) is 7.19. The monoisotopic (exact) mass is 296 g/mol. The van der Waals surface area contributed by atoms with E-state index in [1.54, 1.807) is 12.1 Å². The third-order valence-electron chi connectivity index (χ3n) is 4.20. The number of rotatable bonds is 4. The van der Waals surface area contributed by atoms with Gasteiger partial charge in [-0.2, -0.15) is 8.78 Å². The minimum absolute atomic E-state index is 0.109. The third kappa shape index (κ3) is 2.72. The third-order valence-corrected chi connectivity index (χ3v) is 4.20. The maximum absolute atomic E-state index is 12.3. The summed E-state index contributed by atoms with van der Waals surface area (Å²) in [6, 6.07) is 6.55. The lowest BCUT2D eigenvalue weighted by Gasteiger charge is -2.38. The first kappa shape index (κ1) is 14.3. The Kier molecular flexibility index (Phi) is 3.80. The van der Waals surface area contributed by atoms with Crippen molar-refractivity contribution in [2.24, 2.45) is 0 Å². The molecule has 1 aromatic carbocycles. The molecule has 2 atom stereocenters. The van der Waals surface area contributed by atoms with Crippen molar-refractivity contribution in [1.82, 2.24) is 10.2 Å². The van der Waals surface area contributed by atoms with Gasteiger partial charge in [0.25, 0.3) is 0 Å². The molecule has 1 aliphatic carbocycles. The molecule has 0 spiro atoms. The Labute approximate surface area is 122 Å². The molecule has 114 valence electrons. The quantitative estimate of drug-likeness (QED) is 0.928. The summed E-state index contributed by atoms with van der Waals surface area (Å²) in [7, 11) is 0. The molecule has 4 nitrogen and oxygen atoms in total. The van der Waals surface area contributed by atoms with E-state index < -0.39 is 6.61 Å². The van der Waals surface area contributed by atoms with Crippen LogP contribution in [0.5, 0.6) is 5.75 Å². The maximum Gasteiger partial charge on any atom is 0.387 e. The molecule has 1 saturated carbocycles. The molecule has 2 fully saturated rings. The smallest absolute Gasteiger partial charge is 0.387 e. The number of amides is 1. The summed E-state index contributed by atoms with van der Waals surface area (Å²) >= 11 is 0. The molecule has 2 aliphatic rings. The Morgan fingerprint density at radius 3 is 2.48 bits per heavy atom. The van der Waals surface area contributed by atoms with Crippen molar-refractivity contribution >= 4 is 5.91 Å². The molecule has 1 amide bonds. The van der Waals surface area contributed by atoms with Crippen LogP contribution >= 0.6 is 0 Å². The highest BCUT2D eigenvalue weighted by atomic mass is 19.3. The second-order valence-corrected chi connectivity index (χ2v) is 5.57. The second-order valence-electron chi connectivity index (χ2n) is 5.57. The van der Waals surface area contributed by atoms with Gasteiger partial charge in [0.1, 0.15) is 11.9 Å². The summed E-state index contributed by atoms with van der Waals surface area (Å²) in [6.45, 7) is -0.976. The maximum atomic E-state index is 12.3. The zero-order chi connectivity index (χ0) is 15.0. The van der Waals surface area contributed by atoms with Gasteiger partial charge in [-0.3, -0.25) is 10.1 Å². The number of ether oxygens (including phenoxy) is 1. The Morgan fingerprint density at radius 2 is 1.95 bits per heavy atom. The summed E-state index contributed by atoms with van der Waals surface area (Å²) < 4.78 is 28.7. The molecule has 6 heteroatoms. The van der Waals surface area contributed by atoms with Crippen LogP contribution in [0.1, 0.15) is 37.9 Å². The zero-order valence-corrected chi connectivity index (χ0v) is 11.8. The van der Waals surface area contributed by atoms with Gasteiger partial charge in [-0.25, -0.2) is 0 Å². The largest absolute Gasteiger partial charge is 0.435 e. The molecular weight excluding hydrogens is 278 g/mol. The lowest BCUT2D eigenvalue weighted by atomic mass is 9.90. The van der Waals surface area contributed by atoms with Crippen molar-refractivity contribution in [1.29, 1.82) is 0 Å². The predicted octanol–water partition coefficient (Wildman–Crippen LogP) is 2.66. The van der Waals surface area contributed by atoms with E-state index in [1.807, 2.05) is 11.8 Å². The molecule has 1 aliphatic heterocycles. The number of carbonyl (C=O) groups excluding carboxylic acids is 1. The molecule has 1 saturated heterocycles. The van der Waals surface area contributed by atoms with Crippen LogP contribution in [-0.2, 0) is 4.79 Å². The van der Waals surface area contributed by atoms with Crippen molar-refractivity contribution in [3.63, 3.8) is 0 Å². The van der Waals surface area contributed by atoms with Crippen LogP contribution in [0.2, 0.25) is 0 Å². The minimum atomic E-state index is -2.83. The lowest BCUT2D eigenvalue weighted by Crippen LogP contribution is -2.43. The number of nitrogens with one attached hydrogen (secondary N) is 1. The van der Waals surface area contributed by atoms with Crippen molar-refractivity contribution in [3.05, 3.63) is 29.8 Å². The van der Waals surface area contributed by atoms with Gasteiger partial charge in [0, 0.05) is 6.04 Å². The van der Waals surface area contributed by atoms with E-state index in [0.29, 0.717) is 0 Å². The molecular formula is C15H18F2N2O2. The molecule has 1 aromatic rings. The fourth-order valence-electron chi connectivity index (χ4n) is 2.88. The Balaban J connectivity index is 1.79. The number of nitrogens with zero attached hydrogens (tertiary/aromatic N) is 1. The first-order chi connectivity index (χ1) is 10.1. The molecule has 0 radical (unpaired) electrons. The van der Waals surface area contributed by atoms with E-state index in [2.05, 4.69) is 10.1 Å². The normalized spacial score (nSPS) is 26.3. The molecule has 1 N–H and O–H groups in total. The predicted molar refractivity (Wildman–Crippen MR) is 72.9 cm³/mol. The Bertz CT molecular complexity index is 517. The summed E-state index contributed by atoms with van der Waals surface area (Å²) in [5.74, 6) is 0.235. The highest BCUT2D eigenvalue weighted by molar-refractivity contribution is 5.84. The van der Waals surface area contributed by atoms with E-state index in [0.717, 1.165) is 24.8 Å². The summed E-state index contributed by atoms with van der Waals surface area (Å²) in [5, 5.41) is 3.27. The lowest BCUT2D eigenvalue weighted by molar-refractivity contribution is -0.133. The Morgan fingerprint density at radius 1 is 1.29 bits per heavy atom. The van der Waals surface area contributed by atoms with Gasteiger partial charge >= 0.3 is 6.61 Å².